The molecule has 4 heteroatoms. The van der Waals surface area contributed by atoms with E-state index in [9.17, 15) is 4.79 Å². The normalized spacial score (nSPS) is 19.4. The number of aromatic carboxylic acids is 1. The first-order valence-electron chi connectivity index (χ1n) is 6.81. The molecule has 2 rings (SSSR count). The van der Waals surface area contributed by atoms with Gasteiger partial charge in [0, 0.05) is 32.0 Å². The van der Waals surface area contributed by atoms with Gasteiger partial charge in [0.2, 0.25) is 0 Å². The number of ether oxygens (including phenoxy) is 1. The van der Waals surface area contributed by atoms with Gasteiger partial charge in [-0.3, -0.25) is 0 Å². The Labute approximate surface area is 114 Å². The van der Waals surface area contributed by atoms with Crippen molar-refractivity contribution in [3.63, 3.8) is 0 Å². The number of nitrogens with zero attached hydrogens (tertiary/aromatic N) is 1. The van der Waals surface area contributed by atoms with Crippen molar-refractivity contribution in [2.24, 2.45) is 0 Å². The van der Waals surface area contributed by atoms with E-state index in [1.165, 1.54) is 19.3 Å². The Bertz CT molecular complexity index is 416. The van der Waals surface area contributed by atoms with Gasteiger partial charge in [0.1, 0.15) is 0 Å². The van der Waals surface area contributed by atoms with Crippen LogP contribution >= 0.6 is 0 Å². The lowest BCUT2D eigenvalue weighted by molar-refractivity contribution is 0.0697. The van der Waals surface area contributed by atoms with Gasteiger partial charge in [-0.2, -0.15) is 0 Å². The van der Waals surface area contributed by atoms with Crippen LogP contribution in [0, 0.1) is 0 Å². The molecule has 104 valence electrons. The Balaban J connectivity index is 2.10. The third-order valence-corrected chi connectivity index (χ3v) is 3.73. The van der Waals surface area contributed by atoms with Crippen LogP contribution < -0.4 is 4.90 Å². The van der Waals surface area contributed by atoms with E-state index >= 15 is 0 Å². The molecule has 0 amide bonds. The molecule has 1 aromatic rings. The minimum Gasteiger partial charge on any atom is -0.478 e. The van der Waals surface area contributed by atoms with Crippen LogP contribution in [-0.4, -0.2) is 37.4 Å². The highest BCUT2D eigenvalue weighted by molar-refractivity contribution is 5.88. The quantitative estimate of drug-likeness (QED) is 0.887. The molecule has 4 nitrogen and oxygen atoms in total. The largest absolute Gasteiger partial charge is 0.478 e. The van der Waals surface area contributed by atoms with Crippen LogP contribution in [0.25, 0.3) is 0 Å². The lowest BCUT2D eigenvalue weighted by atomic mass is 9.98. The average Bonchev–Trinajstić information content (AvgIpc) is 2.45. The molecule has 1 heterocycles. The molecule has 1 atom stereocenters. The Morgan fingerprint density at radius 1 is 1.37 bits per heavy atom. The molecule has 0 bridgehead atoms. The van der Waals surface area contributed by atoms with Gasteiger partial charge in [0.25, 0.3) is 0 Å². The Kier molecular flexibility index (Phi) is 4.80. The van der Waals surface area contributed by atoms with E-state index in [0.717, 1.165) is 25.3 Å². The highest BCUT2D eigenvalue weighted by atomic mass is 16.5. The van der Waals surface area contributed by atoms with Crippen LogP contribution in [0.15, 0.2) is 24.3 Å². The third kappa shape index (κ3) is 3.47. The van der Waals surface area contributed by atoms with Crippen LogP contribution in [0.3, 0.4) is 0 Å². The zero-order valence-corrected chi connectivity index (χ0v) is 11.3. The number of hydrogen-bond acceptors (Lipinski definition) is 3. The first-order chi connectivity index (χ1) is 9.22. The van der Waals surface area contributed by atoms with Crippen LogP contribution in [0.4, 0.5) is 5.69 Å². The maximum atomic E-state index is 10.9. The van der Waals surface area contributed by atoms with Crippen LogP contribution in [0.2, 0.25) is 0 Å². The summed E-state index contributed by atoms with van der Waals surface area (Å²) in [7, 11) is 1.73. The summed E-state index contributed by atoms with van der Waals surface area (Å²) < 4.78 is 5.17. The number of anilines is 1. The Morgan fingerprint density at radius 2 is 2.11 bits per heavy atom. The Morgan fingerprint density at radius 3 is 2.74 bits per heavy atom. The van der Waals surface area contributed by atoms with Crippen molar-refractivity contribution in [2.75, 3.05) is 25.2 Å². The summed E-state index contributed by atoms with van der Waals surface area (Å²) in [5.74, 6) is -0.874. The van der Waals surface area contributed by atoms with Crippen LogP contribution in [-0.2, 0) is 4.74 Å². The highest BCUT2D eigenvalue weighted by Crippen LogP contribution is 2.26. The number of piperidine rings is 1. The van der Waals surface area contributed by atoms with Gasteiger partial charge < -0.3 is 14.7 Å². The average molecular weight is 263 g/mol. The number of benzene rings is 1. The standard InChI is InChI=1S/C15H21NO3/c1-19-11-9-13-4-2-3-10-16(13)14-7-5-12(6-8-14)15(17)18/h5-8,13H,2-4,9-11H2,1H3,(H,17,18). The molecule has 0 saturated carbocycles. The van der Waals surface area contributed by atoms with E-state index in [0.29, 0.717) is 11.6 Å². The fourth-order valence-corrected chi connectivity index (χ4v) is 2.69. The van der Waals surface area contributed by atoms with Gasteiger partial charge in [-0.05, 0) is 49.9 Å². The first kappa shape index (κ1) is 13.9. The van der Waals surface area contributed by atoms with Crippen molar-refractivity contribution in [1.29, 1.82) is 0 Å². The summed E-state index contributed by atoms with van der Waals surface area (Å²) in [4.78, 5) is 13.2. The van der Waals surface area contributed by atoms with E-state index < -0.39 is 5.97 Å². The SMILES string of the molecule is COCCC1CCCCN1c1ccc(C(=O)O)cc1. The van der Waals surface area contributed by atoms with Crippen molar-refractivity contribution in [3.8, 4) is 0 Å². The molecule has 0 aliphatic carbocycles. The molecule has 0 radical (unpaired) electrons. The summed E-state index contributed by atoms with van der Waals surface area (Å²) in [5.41, 5.74) is 1.46. The molecular formula is C15H21NO3. The molecule has 1 saturated heterocycles. The number of rotatable bonds is 5. The number of carboxylic acid groups (broad SMARTS) is 1. The molecule has 1 unspecified atom stereocenters. The molecule has 0 aromatic heterocycles. The van der Waals surface area contributed by atoms with E-state index in [2.05, 4.69) is 4.90 Å². The van der Waals surface area contributed by atoms with Gasteiger partial charge in [-0.25, -0.2) is 4.79 Å². The van der Waals surface area contributed by atoms with E-state index in [1.54, 1.807) is 19.2 Å². The van der Waals surface area contributed by atoms with Crippen molar-refractivity contribution in [1.82, 2.24) is 0 Å². The summed E-state index contributed by atoms with van der Waals surface area (Å²) >= 11 is 0. The fraction of sp³-hybridized carbons (Fsp3) is 0.533. The molecule has 0 spiro atoms. The molecule has 1 aromatic carbocycles. The molecule has 1 fully saturated rings. The number of methoxy groups -OCH3 is 1. The molecule has 1 aliphatic heterocycles. The number of carboxylic acids is 1. The van der Waals surface area contributed by atoms with Gasteiger partial charge >= 0.3 is 5.97 Å². The zero-order valence-electron chi connectivity index (χ0n) is 11.3. The summed E-state index contributed by atoms with van der Waals surface area (Å²) in [6.07, 6.45) is 4.67. The maximum absolute atomic E-state index is 10.9. The van der Waals surface area contributed by atoms with Crippen molar-refractivity contribution < 1.29 is 14.6 Å². The highest BCUT2D eigenvalue weighted by Gasteiger charge is 2.22. The van der Waals surface area contributed by atoms with Gasteiger partial charge in [0.15, 0.2) is 0 Å². The minimum atomic E-state index is -0.874. The van der Waals surface area contributed by atoms with Crippen LogP contribution in [0.5, 0.6) is 0 Å². The second-order valence-electron chi connectivity index (χ2n) is 4.98. The topological polar surface area (TPSA) is 49.8 Å². The molecule has 1 N–H and O–H groups in total. The predicted octanol–water partition coefficient (Wildman–Crippen LogP) is 2.78. The minimum absolute atomic E-state index is 0.342. The molecular weight excluding hydrogens is 242 g/mol. The van der Waals surface area contributed by atoms with E-state index in [-0.39, 0.29) is 0 Å². The lowest BCUT2D eigenvalue weighted by Crippen LogP contribution is -2.40. The van der Waals surface area contributed by atoms with E-state index in [4.69, 9.17) is 9.84 Å². The van der Waals surface area contributed by atoms with Gasteiger partial charge in [-0.15, -0.1) is 0 Å². The second-order valence-corrected chi connectivity index (χ2v) is 4.98. The van der Waals surface area contributed by atoms with E-state index in [1.807, 2.05) is 12.1 Å². The zero-order chi connectivity index (χ0) is 13.7. The predicted molar refractivity (Wildman–Crippen MR) is 74.9 cm³/mol. The summed E-state index contributed by atoms with van der Waals surface area (Å²) in [6.45, 7) is 1.81. The van der Waals surface area contributed by atoms with Crippen molar-refractivity contribution >= 4 is 11.7 Å². The third-order valence-electron chi connectivity index (χ3n) is 3.73. The van der Waals surface area contributed by atoms with Crippen LogP contribution in [0.1, 0.15) is 36.0 Å². The number of hydrogen-bond donors (Lipinski definition) is 1. The van der Waals surface area contributed by atoms with Gasteiger partial charge in [0.05, 0.1) is 5.56 Å². The lowest BCUT2D eigenvalue weighted by Gasteiger charge is -2.37. The van der Waals surface area contributed by atoms with Crippen molar-refractivity contribution in [3.05, 3.63) is 29.8 Å². The van der Waals surface area contributed by atoms with Crippen molar-refractivity contribution in [2.45, 2.75) is 31.7 Å². The smallest absolute Gasteiger partial charge is 0.335 e. The monoisotopic (exact) mass is 263 g/mol. The Hall–Kier alpha value is -1.55. The summed E-state index contributed by atoms with van der Waals surface area (Å²) in [5, 5.41) is 8.92. The van der Waals surface area contributed by atoms with Gasteiger partial charge in [-0.1, -0.05) is 0 Å². The number of carbonyl (C=O) groups is 1. The summed E-state index contributed by atoms with van der Waals surface area (Å²) in [6, 6.07) is 7.69. The molecule has 1 aliphatic rings. The fourth-order valence-electron chi connectivity index (χ4n) is 2.69. The maximum Gasteiger partial charge on any atom is 0.335 e. The second kappa shape index (κ2) is 6.57. The molecule has 19 heavy (non-hydrogen) atoms. The first-order valence-corrected chi connectivity index (χ1v) is 6.81.